The Kier molecular flexibility index (Phi) is 3.50. The summed E-state index contributed by atoms with van der Waals surface area (Å²) in [5, 5.41) is 2.96. The highest BCUT2D eigenvalue weighted by Crippen LogP contribution is 2.48. The number of amides is 1. The van der Waals surface area contributed by atoms with Gasteiger partial charge in [-0.15, -0.1) is 0 Å². The quantitative estimate of drug-likeness (QED) is 0.899. The average Bonchev–Trinajstić information content (AvgIpc) is 3.23. The normalized spacial score (nSPS) is 20.1. The molecule has 2 aromatic rings. The fourth-order valence-corrected chi connectivity index (χ4v) is 2.78. The Morgan fingerprint density at radius 3 is 2.67 bits per heavy atom. The fraction of sp³-hybridized carbons (Fsp3) is 0.278. The molecular weight excluding hydrogens is 265 g/mol. The molecule has 3 rings (SSSR count). The fourth-order valence-electron chi connectivity index (χ4n) is 2.78. The zero-order valence-electron chi connectivity index (χ0n) is 12.2. The number of carbonyl (C=O) groups is 1. The standard InChI is InChI=1S/C18H18FNO/c1-11-7-8-17(12(2)9-11)20-18(21)15-10-14(15)13-5-3-4-6-16(13)19/h3-9,14-15H,10H2,1-2H3,(H,20,21). The molecule has 108 valence electrons. The van der Waals surface area contributed by atoms with Crippen molar-refractivity contribution in [3.8, 4) is 0 Å². The lowest BCUT2D eigenvalue weighted by Gasteiger charge is -2.09. The summed E-state index contributed by atoms with van der Waals surface area (Å²) in [5.74, 6) is -0.348. The molecule has 1 N–H and O–H groups in total. The van der Waals surface area contributed by atoms with Crippen LogP contribution in [0.5, 0.6) is 0 Å². The van der Waals surface area contributed by atoms with Gasteiger partial charge in [-0.2, -0.15) is 0 Å². The summed E-state index contributed by atoms with van der Waals surface area (Å²) in [6.07, 6.45) is 0.720. The van der Waals surface area contributed by atoms with Gasteiger partial charge in [0, 0.05) is 11.6 Å². The Labute approximate surface area is 124 Å². The number of hydrogen-bond donors (Lipinski definition) is 1. The number of halogens is 1. The lowest BCUT2D eigenvalue weighted by molar-refractivity contribution is -0.117. The number of anilines is 1. The highest BCUT2D eigenvalue weighted by molar-refractivity contribution is 5.95. The van der Waals surface area contributed by atoms with Crippen LogP contribution < -0.4 is 5.32 Å². The minimum Gasteiger partial charge on any atom is -0.326 e. The minimum atomic E-state index is -0.218. The van der Waals surface area contributed by atoms with Gasteiger partial charge in [-0.25, -0.2) is 4.39 Å². The predicted octanol–water partition coefficient (Wildman–Crippen LogP) is 4.18. The van der Waals surface area contributed by atoms with Crippen LogP contribution in [0.15, 0.2) is 42.5 Å². The second-order valence-corrected chi connectivity index (χ2v) is 5.78. The predicted molar refractivity (Wildman–Crippen MR) is 81.8 cm³/mol. The molecule has 0 spiro atoms. The van der Waals surface area contributed by atoms with Crippen molar-refractivity contribution in [2.45, 2.75) is 26.2 Å². The Morgan fingerprint density at radius 1 is 1.19 bits per heavy atom. The first-order valence-corrected chi connectivity index (χ1v) is 7.19. The van der Waals surface area contributed by atoms with Gasteiger partial charge in [-0.1, -0.05) is 35.9 Å². The van der Waals surface area contributed by atoms with Crippen LogP contribution in [0.3, 0.4) is 0 Å². The summed E-state index contributed by atoms with van der Waals surface area (Å²) in [7, 11) is 0. The van der Waals surface area contributed by atoms with Crippen molar-refractivity contribution in [3.63, 3.8) is 0 Å². The van der Waals surface area contributed by atoms with E-state index in [1.807, 2.05) is 38.1 Å². The molecule has 1 amide bonds. The maximum atomic E-state index is 13.7. The molecule has 0 radical (unpaired) electrons. The van der Waals surface area contributed by atoms with Crippen molar-refractivity contribution < 1.29 is 9.18 Å². The van der Waals surface area contributed by atoms with Crippen LogP contribution in [-0.2, 0) is 4.79 Å². The van der Waals surface area contributed by atoms with E-state index in [-0.39, 0.29) is 23.6 Å². The number of carbonyl (C=O) groups excluding carboxylic acids is 1. The first-order chi connectivity index (χ1) is 10.1. The molecule has 2 nitrogen and oxygen atoms in total. The van der Waals surface area contributed by atoms with Gasteiger partial charge in [0.05, 0.1) is 0 Å². The van der Waals surface area contributed by atoms with E-state index < -0.39 is 0 Å². The lowest BCUT2D eigenvalue weighted by Crippen LogP contribution is -2.15. The maximum Gasteiger partial charge on any atom is 0.228 e. The van der Waals surface area contributed by atoms with Crippen LogP contribution in [-0.4, -0.2) is 5.91 Å². The summed E-state index contributed by atoms with van der Waals surface area (Å²) >= 11 is 0. The third kappa shape index (κ3) is 2.82. The molecule has 2 unspecified atom stereocenters. The second kappa shape index (κ2) is 5.32. The van der Waals surface area contributed by atoms with Gasteiger partial charge in [-0.05, 0) is 49.4 Å². The van der Waals surface area contributed by atoms with Crippen molar-refractivity contribution in [2.24, 2.45) is 5.92 Å². The number of hydrogen-bond acceptors (Lipinski definition) is 1. The van der Waals surface area contributed by atoms with E-state index in [9.17, 15) is 9.18 Å². The molecule has 0 aromatic heterocycles. The molecule has 3 heteroatoms. The zero-order chi connectivity index (χ0) is 15.0. The summed E-state index contributed by atoms with van der Waals surface area (Å²) in [4.78, 5) is 12.3. The molecule has 2 aromatic carbocycles. The minimum absolute atomic E-state index is 0.0111. The molecule has 0 heterocycles. The summed E-state index contributed by atoms with van der Waals surface area (Å²) in [5.41, 5.74) is 3.70. The Balaban J connectivity index is 1.70. The first-order valence-electron chi connectivity index (χ1n) is 7.19. The molecule has 0 bridgehead atoms. The maximum absolute atomic E-state index is 13.7. The van der Waals surface area contributed by atoms with E-state index >= 15 is 0 Å². The van der Waals surface area contributed by atoms with Crippen molar-refractivity contribution in [1.29, 1.82) is 0 Å². The zero-order valence-corrected chi connectivity index (χ0v) is 12.2. The molecule has 1 fully saturated rings. The largest absolute Gasteiger partial charge is 0.326 e. The molecule has 2 atom stereocenters. The molecule has 0 saturated heterocycles. The number of nitrogens with one attached hydrogen (secondary N) is 1. The SMILES string of the molecule is Cc1ccc(NC(=O)C2CC2c2ccccc2F)c(C)c1. The monoisotopic (exact) mass is 283 g/mol. The third-order valence-electron chi connectivity index (χ3n) is 4.07. The Morgan fingerprint density at radius 2 is 1.95 bits per heavy atom. The molecule has 1 saturated carbocycles. The first kappa shape index (κ1) is 13.8. The third-order valence-corrected chi connectivity index (χ3v) is 4.07. The van der Waals surface area contributed by atoms with Crippen molar-refractivity contribution >= 4 is 11.6 Å². The van der Waals surface area contributed by atoms with E-state index in [2.05, 4.69) is 5.32 Å². The van der Waals surface area contributed by atoms with Gasteiger partial charge < -0.3 is 5.32 Å². The molecule has 21 heavy (non-hydrogen) atoms. The molecule has 1 aliphatic carbocycles. The molecule has 0 aliphatic heterocycles. The number of aryl methyl sites for hydroxylation is 2. The van der Waals surface area contributed by atoms with E-state index in [4.69, 9.17) is 0 Å². The number of benzene rings is 2. The van der Waals surface area contributed by atoms with Crippen LogP contribution in [0.4, 0.5) is 10.1 Å². The van der Waals surface area contributed by atoms with Gasteiger partial charge in [-0.3, -0.25) is 4.79 Å². The smallest absolute Gasteiger partial charge is 0.228 e. The van der Waals surface area contributed by atoms with Crippen molar-refractivity contribution in [2.75, 3.05) is 5.32 Å². The number of rotatable bonds is 3. The van der Waals surface area contributed by atoms with E-state index in [0.29, 0.717) is 5.56 Å². The Bertz CT molecular complexity index is 695. The molecule has 1 aliphatic rings. The second-order valence-electron chi connectivity index (χ2n) is 5.78. The van der Waals surface area contributed by atoms with Gasteiger partial charge in [0.2, 0.25) is 5.91 Å². The highest BCUT2D eigenvalue weighted by atomic mass is 19.1. The lowest BCUT2D eigenvalue weighted by atomic mass is 10.1. The highest BCUT2D eigenvalue weighted by Gasteiger charge is 2.45. The van der Waals surface area contributed by atoms with Gasteiger partial charge in [0.1, 0.15) is 5.82 Å². The summed E-state index contributed by atoms with van der Waals surface area (Å²) in [6, 6.07) is 12.6. The van der Waals surface area contributed by atoms with E-state index in [1.54, 1.807) is 12.1 Å². The van der Waals surface area contributed by atoms with Crippen LogP contribution in [0.25, 0.3) is 0 Å². The Hall–Kier alpha value is -2.16. The van der Waals surface area contributed by atoms with Crippen LogP contribution in [0.1, 0.15) is 29.0 Å². The average molecular weight is 283 g/mol. The van der Waals surface area contributed by atoms with Gasteiger partial charge in [0.15, 0.2) is 0 Å². The van der Waals surface area contributed by atoms with Crippen LogP contribution in [0.2, 0.25) is 0 Å². The van der Waals surface area contributed by atoms with Gasteiger partial charge >= 0.3 is 0 Å². The van der Waals surface area contributed by atoms with Crippen molar-refractivity contribution in [1.82, 2.24) is 0 Å². The van der Waals surface area contributed by atoms with Gasteiger partial charge in [0.25, 0.3) is 0 Å². The van der Waals surface area contributed by atoms with Crippen molar-refractivity contribution in [3.05, 3.63) is 65.0 Å². The van der Waals surface area contributed by atoms with Crippen LogP contribution in [0, 0.1) is 25.6 Å². The van der Waals surface area contributed by atoms with E-state index in [0.717, 1.165) is 17.7 Å². The van der Waals surface area contributed by atoms with Crippen LogP contribution >= 0.6 is 0 Å². The summed E-state index contributed by atoms with van der Waals surface area (Å²) < 4.78 is 13.7. The topological polar surface area (TPSA) is 29.1 Å². The summed E-state index contributed by atoms with van der Waals surface area (Å²) in [6.45, 7) is 4.00. The van der Waals surface area contributed by atoms with E-state index in [1.165, 1.54) is 11.6 Å². The molecular formula is C18H18FNO.